The van der Waals surface area contributed by atoms with Crippen molar-refractivity contribution in [3.8, 4) is 28.4 Å². The molecule has 0 bridgehead atoms. The maximum absolute atomic E-state index is 11.6. The van der Waals surface area contributed by atoms with Gasteiger partial charge < -0.3 is 20.3 Å². The van der Waals surface area contributed by atoms with Crippen molar-refractivity contribution in [2.24, 2.45) is 5.73 Å². The van der Waals surface area contributed by atoms with Crippen molar-refractivity contribution in [1.29, 1.82) is 0 Å². The summed E-state index contributed by atoms with van der Waals surface area (Å²) in [6.07, 6.45) is 1.84. The van der Waals surface area contributed by atoms with Crippen LogP contribution >= 0.6 is 0 Å². The third-order valence-corrected chi connectivity index (χ3v) is 4.41. The maximum atomic E-state index is 11.6. The maximum Gasteiger partial charge on any atom is 0.328 e. The Morgan fingerprint density at radius 3 is 2.37 bits per heavy atom. The summed E-state index contributed by atoms with van der Waals surface area (Å²) >= 11 is 0. The van der Waals surface area contributed by atoms with Crippen molar-refractivity contribution in [1.82, 2.24) is 9.78 Å². The molecule has 1 heterocycles. The van der Waals surface area contributed by atoms with Gasteiger partial charge in [0.15, 0.2) is 0 Å². The molecule has 2 aromatic carbocycles. The molecule has 3 aromatic rings. The van der Waals surface area contributed by atoms with Crippen molar-refractivity contribution in [3.05, 3.63) is 60.3 Å². The van der Waals surface area contributed by atoms with Crippen molar-refractivity contribution >= 4 is 5.97 Å². The number of carboxylic acid groups (broad SMARTS) is 1. The molecule has 0 spiro atoms. The fourth-order valence-corrected chi connectivity index (χ4v) is 2.81. The molecule has 7 nitrogen and oxygen atoms in total. The molecule has 3 N–H and O–H groups in total. The Labute approximate surface area is 157 Å². The van der Waals surface area contributed by atoms with Crippen LogP contribution in [0, 0.1) is 0 Å². The third-order valence-electron chi connectivity index (χ3n) is 4.41. The van der Waals surface area contributed by atoms with E-state index in [4.69, 9.17) is 15.2 Å². The van der Waals surface area contributed by atoms with E-state index in [-0.39, 0.29) is 0 Å². The van der Waals surface area contributed by atoms with E-state index in [1.165, 1.54) is 21.1 Å². The van der Waals surface area contributed by atoms with Crippen LogP contribution in [0.2, 0.25) is 0 Å². The minimum Gasteiger partial charge on any atom is -0.496 e. The van der Waals surface area contributed by atoms with Crippen molar-refractivity contribution in [3.63, 3.8) is 0 Å². The molecule has 7 heteroatoms. The molecule has 0 aliphatic carbocycles. The van der Waals surface area contributed by atoms with Gasteiger partial charge in [0.05, 0.1) is 25.6 Å². The number of nitrogens with zero attached hydrogens (tertiary/aromatic N) is 2. The molecule has 140 valence electrons. The molecule has 1 unspecified atom stereocenters. The van der Waals surface area contributed by atoms with Gasteiger partial charge in [0.2, 0.25) is 0 Å². The minimum atomic E-state index is -1.62. The fourth-order valence-electron chi connectivity index (χ4n) is 2.81. The average Bonchev–Trinajstić information content (AvgIpc) is 3.17. The predicted octanol–water partition coefficient (Wildman–Crippen LogP) is 2.82. The van der Waals surface area contributed by atoms with Gasteiger partial charge in [0, 0.05) is 17.3 Å². The summed E-state index contributed by atoms with van der Waals surface area (Å²) < 4.78 is 12.6. The average molecular weight is 367 g/mol. The second kappa shape index (κ2) is 7.13. The van der Waals surface area contributed by atoms with E-state index in [2.05, 4.69) is 5.10 Å². The Hall–Kier alpha value is -3.32. The molecule has 0 aliphatic heterocycles. The number of carboxylic acids is 1. The van der Waals surface area contributed by atoms with Crippen LogP contribution in [-0.2, 0) is 10.3 Å². The van der Waals surface area contributed by atoms with Crippen LogP contribution in [0.4, 0.5) is 0 Å². The lowest BCUT2D eigenvalue weighted by Crippen LogP contribution is -2.42. The van der Waals surface area contributed by atoms with E-state index in [0.29, 0.717) is 28.3 Å². The highest BCUT2D eigenvalue weighted by atomic mass is 16.5. The number of rotatable bonds is 6. The number of aromatic nitrogens is 2. The molecule has 0 saturated carbocycles. The highest BCUT2D eigenvalue weighted by molar-refractivity contribution is 5.83. The number of nitrogens with two attached hydrogens (primary N) is 1. The Morgan fingerprint density at radius 1 is 1.11 bits per heavy atom. The lowest BCUT2D eigenvalue weighted by molar-refractivity contribution is -0.143. The van der Waals surface area contributed by atoms with Gasteiger partial charge in [-0.05, 0) is 37.3 Å². The summed E-state index contributed by atoms with van der Waals surface area (Å²) in [5.41, 5.74) is 6.95. The monoisotopic (exact) mass is 367 g/mol. The zero-order valence-corrected chi connectivity index (χ0v) is 15.3. The molecule has 1 aromatic heterocycles. The highest BCUT2D eigenvalue weighted by Crippen LogP contribution is 2.39. The molecule has 0 saturated heterocycles. The van der Waals surface area contributed by atoms with Crippen LogP contribution in [0.1, 0.15) is 12.5 Å². The number of ether oxygens (including phenoxy) is 2. The number of methoxy groups -OCH3 is 2. The van der Waals surface area contributed by atoms with Gasteiger partial charge >= 0.3 is 5.97 Å². The topological polar surface area (TPSA) is 99.6 Å². The summed E-state index contributed by atoms with van der Waals surface area (Å²) in [6.45, 7) is 1.41. The summed E-state index contributed by atoms with van der Waals surface area (Å²) in [4.78, 5) is 11.6. The van der Waals surface area contributed by atoms with Crippen LogP contribution in [0.25, 0.3) is 16.9 Å². The highest BCUT2D eigenvalue weighted by Gasteiger charge is 2.34. The van der Waals surface area contributed by atoms with E-state index < -0.39 is 11.5 Å². The summed E-state index contributed by atoms with van der Waals surface area (Å²) in [7, 11) is 2.98. The summed E-state index contributed by atoms with van der Waals surface area (Å²) in [5, 5.41) is 14.1. The lowest BCUT2D eigenvalue weighted by Gasteiger charge is -2.24. The third kappa shape index (κ3) is 3.37. The van der Waals surface area contributed by atoms with Gasteiger partial charge in [-0.3, -0.25) is 0 Å². The van der Waals surface area contributed by atoms with Crippen LogP contribution in [0.3, 0.4) is 0 Å². The van der Waals surface area contributed by atoms with Gasteiger partial charge in [-0.1, -0.05) is 18.2 Å². The van der Waals surface area contributed by atoms with E-state index in [1.54, 1.807) is 16.8 Å². The second-order valence-corrected chi connectivity index (χ2v) is 6.24. The lowest BCUT2D eigenvalue weighted by atomic mass is 9.90. The Morgan fingerprint density at radius 2 is 1.78 bits per heavy atom. The van der Waals surface area contributed by atoms with Gasteiger partial charge in [-0.15, -0.1) is 0 Å². The SMILES string of the molecule is COc1cc(C(C)(N)C(=O)O)c(OC)cc1-c1ccn(-c2ccccc2)n1. The van der Waals surface area contributed by atoms with Gasteiger partial charge in [0.25, 0.3) is 0 Å². The standard InChI is InChI=1S/C20H21N3O4/c1-20(21,19(24)25)15-12-17(26-2)14(11-18(15)27-3)16-9-10-23(22-16)13-7-5-4-6-8-13/h4-12H,21H2,1-3H3,(H,24,25). The van der Waals surface area contributed by atoms with E-state index in [9.17, 15) is 9.90 Å². The number of hydrogen-bond donors (Lipinski definition) is 2. The van der Waals surface area contributed by atoms with E-state index >= 15 is 0 Å². The zero-order valence-electron chi connectivity index (χ0n) is 15.3. The first kappa shape index (κ1) is 18.5. The predicted molar refractivity (Wildman–Crippen MR) is 101 cm³/mol. The van der Waals surface area contributed by atoms with Gasteiger partial charge in [-0.25, -0.2) is 9.48 Å². The van der Waals surface area contributed by atoms with Crippen LogP contribution in [-0.4, -0.2) is 35.1 Å². The number of carbonyl (C=O) groups is 1. The van der Waals surface area contributed by atoms with E-state index in [0.717, 1.165) is 5.69 Å². The largest absolute Gasteiger partial charge is 0.496 e. The van der Waals surface area contributed by atoms with Crippen LogP contribution < -0.4 is 15.2 Å². The first-order valence-corrected chi connectivity index (χ1v) is 8.28. The number of aliphatic carboxylic acids is 1. The Kier molecular flexibility index (Phi) is 4.87. The number of benzene rings is 2. The van der Waals surface area contributed by atoms with E-state index in [1.807, 2.05) is 42.6 Å². The smallest absolute Gasteiger partial charge is 0.328 e. The summed E-state index contributed by atoms with van der Waals surface area (Å²) in [5.74, 6) is -0.349. The van der Waals surface area contributed by atoms with Crippen molar-refractivity contribution in [2.45, 2.75) is 12.5 Å². The van der Waals surface area contributed by atoms with Crippen molar-refractivity contribution < 1.29 is 19.4 Å². The molecule has 27 heavy (non-hydrogen) atoms. The Balaban J connectivity index is 2.12. The first-order valence-electron chi connectivity index (χ1n) is 8.28. The molecular weight excluding hydrogens is 346 g/mol. The van der Waals surface area contributed by atoms with Crippen LogP contribution in [0.5, 0.6) is 11.5 Å². The zero-order chi connectivity index (χ0) is 19.6. The molecule has 1 atom stereocenters. The van der Waals surface area contributed by atoms with Crippen molar-refractivity contribution in [2.75, 3.05) is 14.2 Å². The molecule has 0 aliphatic rings. The molecule has 3 rings (SSSR count). The van der Waals surface area contributed by atoms with Crippen LogP contribution in [0.15, 0.2) is 54.7 Å². The first-order chi connectivity index (χ1) is 12.9. The Bertz CT molecular complexity index is 965. The quantitative estimate of drug-likeness (QED) is 0.695. The fraction of sp³-hybridized carbons (Fsp3) is 0.200. The molecule has 0 radical (unpaired) electrons. The molecular formula is C20H21N3O4. The van der Waals surface area contributed by atoms with Gasteiger partial charge in [0.1, 0.15) is 17.0 Å². The summed E-state index contributed by atoms with van der Waals surface area (Å²) in [6, 6.07) is 14.8. The second-order valence-electron chi connectivity index (χ2n) is 6.24. The minimum absolute atomic E-state index is 0.320. The molecule has 0 fully saturated rings. The number of para-hydroxylation sites is 1. The number of hydrogen-bond acceptors (Lipinski definition) is 5. The normalized spacial score (nSPS) is 13.0. The molecule has 0 amide bonds. The van der Waals surface area contributed by atoms with Gasteiger partial charge in [-0.2, -0.15) is 5.10 Å².